The molecule has 0 atom stereocenters. The Morgan fingerprint density at radius 2 is 2.25 bits per heavy atom. The maximum absolute atomic E-state index is 11.9. The van der Waals surface area contributed by atoms with Gasteiger partial charge in [0.1, 0.15) is 5.82 Å². The minimum absolute atomic E-state index is 0.0437. The molecule has 0 aliphatic heterocycles. The molecule has 1 saturated carbocycles. The lowest BCUT2D eigenvalue weighted by Gasteiger charge is -2.07. The van der Waals surface area contributed by atoms with Gasteiger partial charge < -0.3 is 10.7 Å². The third-order valence-electron chi connectivity index (χ3n) is 3.05. The second kappa shape index (κ2) is 4.78. The molecule has 2 rings (SSSR count). The fraction of sp³-hybridized carbons (Fsp3) is 0.667. The molecule has 3 N–H and O–H groups in total. The lowest BCUT2D eigenvalue weighted by molar-refractivity contribution is 0.771. The molecule has 1 heterocycles. The van der Waals surface area contributed by atoms with E-state index in [9.17, 15) is 4.79 Å². The molecule has 1 aliphatic rings. The molecule has 0 amide bonds. The van der Waals surface area contributed by atoms with E-state index in [1.165, 1.54) is 0 Å². The van der Waals surface area contributed by atoms with Gasteiger partial charge in [0.05, 0.1) is 5.69 Å². The van der Waals surface area contributed by atoms with Crippen LogP contribution in [0.1, 0.15) is 49.2 Å². The predicted octanol–water partition coefficient (Wildman–Crippen LogP) is 1.10. The first-order chi connectivity index (χ1) is 7.76. The molecule has 0 aromatic carbocycles. The summed E-state index contributed by atoms with van der Waals surface area (Å²) in [6.07, 6.45) is 4.74. The van der Waals surface area contributed by atoms with Crippen molar-refractivity contribution < 1.29 is 0 Å². The molecule has 0 saturated heterocycles. The number of aromatic nitrogens is 2. The van der Waals surface area contributed by atoms with Gasteiger partial charge in [0.2, 0.25) is 0 Å². The maximum Gasteiger partial charge on any atom is 0.254 e. The van der Waals surface area contributed by atoms with Crippen LogP contribution in [0.15, 0.2) is 4.79 Å². The van der Waals surface area contributed by atoms with E-state index in [1.807, 2.05) is 6.92 Å². The molecule has 0 radical (unpaired) electrons. The number of nitrogens with zero attached hydrogens (tertiary/aromatic N) is 1. The summed E-state index contributed by atoms with van der Waals surface area (Å²) >= 11 is 0. The zero-order valence-electron chi connectivity index (χ0n) is 9.75. The number of rotatable bonds is 5. The van der Waals surface area contributed by atoms with Crippen LogP contribution in [-0.4, -0.2) is 16.5 Å². The highest BCUT2D eigenvalue weighted by Crippen LogP contribution is 2.37. The summed E-state index contributed by atoms with van der Waals surface area (Å²) < 4.78 is 0. The minimum Gasteiger partial charge on any atom is -0.330 e. The monoisotopic (exact) mass is 221 g/mol. The van der Waals surface area contributed by atoms with Crippen LogP contribution >= 0.6 is 0 Å². The molecular weight excluding hydrogens is 202 g/mol. The van der Waals surface area contributed by atoms with Crippen molar-refractivity contribution in [2.45, 2.75) is 44.9 Å². The van der Waals surface area contributed by atoms with Crippen LogP contribution in [0.2, 0.25) is 0 Å². The van der Waals surface area contributed by atoms with Crippen LogP contribution in [0, 0.1) is 0 Å². The fourth-order valence-electron chi connectivity index (χ4n) is 1.94. The molecule has 1 fully saturated rings. The van der Waals surface area contributed by atoms with Crippen LogP contribution in [0.5, 0.6) is 0 Å². The number of aryl methyl sites for hydroxylation is 1. The Labute approximate surface area is 95.3 Å². The summed E-state index contributed by atoms with van der Waals surface area (Å²) in [5.74, 6) is 1.39. The van der Waals surface area contributed by atoms with Crippen molar-refractivity contribution >= 4 is 0 Å². The largest absolute Gasteiger partial charge is 0.330 e. The van der Waals surface area contributed by atoms with Crippen molar-refractivity contribution in [3.8, 4) is 0 Å². The summed E-state index contributed by atoms with van der Waals surface area (Å²) in [7, 11) is 0. The maximum atomic E-state index is 11.9. The molecule has 0 bridgehead atoms. The Morgan fingerprint density at radius 1 is 1.50 bits per heavy atom. The van der Waals surface area contributed by atoms with E-state index in [4.69, 9.17) is 5.73 Å². The predicted molar refractivity (Wildman–Crippen MR) is 63.6 cm³/mol. The summed E-state index contributed by atoms with van der Waals surface area (Å²) in [5.41, 5.74) is 7.31. The van der Waals surface area contributed by atoms with Crippen LogP contribution in [0.3, 0.4) is 0 Å². The van der Waals surface area contributed by atoms with Crippen molar-refractivity contribution in [1.82, 2.24) is 9.97 Å². The van der Waals surface area contributed by atoms with E-state index in [0.717, 1.165) is 49.2 Å². The molecule has 1 aromatic rings. The lowest BCUT2D eigenvalue weighted by atomic mass is 10.1. The van der Waals surface area contributed by atoms with Gasteiger partial charge in [-0.15, -0.1) is 0 Å². The third-order valence-corrected chi connectivity index (χ3v) is 3.05. The molecular formula is C12H19N3O. The van der Waals surface area contributed by atoms with Gasteiger partial charge in [-0.05, 0) is 38.6 Å². The first-order valence-corrected chi connectivity index (χ1v) is 6.08. The van der Waals surface area contributed by atoms with Gasteiger partial charge in [-0.1, -0.05) is 6.92 Å². The molecule has 0 spiro atoms. The Balaban J connectivity index is 2.31. The zero-order valence-corrected chi connectivity index (χ0v) is 9.75. The van der Waals surface area contributed by atoms with Gasteiger partial charge in [-0.25, -0.2) is 4.98 Å². The lowest BCUT2D eigenvalue weighted by Crippen LogP contribution is -2.20. The average molecular weight is 221 g/mol. The number of hydrogen-bond donors (Lipinski definition) is 2. The average Bonchev–Trinajstić information content (AvgIpc) is 3.10. The quantitative estimate of drug-likeness (QED) is 0.782. The summed E-state index contributed by atoms with van der Waals surface area (Å²) in [5, 5.41) is 0. The topological polar surface area (TPSA) is 71.8 Å². The molecule has 0 unspecified atom stereocenters. The van der Waals surface area contributed by atoms with Crippen LogP contribution in [-0.2, 0) is 12.8 Å². The number of aromatic amines is 1. The Hall–Kier alpha value is -1.16. The number of nitrogens with one attached hydrogen (secondary N) is 1. The van der Waals surface area contributed by atoms with Gasteiger partial charge in [0.25, 0.3) is 5.56 Å². The molecule has 1 aromatic heterocycles. The Bertz CT molecular complexity index is 421. The van der Waals surface area contributed by atoms with Crippen molar-refractivity contribution in [1.29, 1.82) is 0 Å². The summed E-state index contributed by atoms with van der Waals surface area (Å²) in [6, 6.07) is 0. The second-order valence-electron chi connectivity index (χ2n) is 4.40. The molecule has 1 aliphatic carbocycles. The van der Waals surface area contributed by atoms with Gasteiger partial charge in [-0.3, -0.25) is 4.79 Å². The normalized spacial score (nSPS) is 15.4. The van der Waals surface area contributed by atoms with Crippen molar-refractivity contribution in [3.05, 3.63) is 27.4 Å². The first-order valence-electron chi connectivity index (χ1n) is 6.08. The highest BCUT2D eigenvalue weighted by Gasteiger charge is 2.27. The SMILES string of the molecule is CCc1nc(C2CC2)[nH]c(=O)c1CCCN. The van der Waals surface area contributed by atoms with E-state index in [1.54, 1.807) is 0 Å². The van der Waals surface area contributed by atoms with E-state index >= 15 is 0 Å². The number of H-pyrrole nitrogens is 1. The van der Waals surface area contributed by atoms with E-state index < -0.39 is 0 Å². The molecule has 88 valence electrons. The zero-order chi connectivity index (χ0) is 11.5. The smallest absolute Gasteiger partial charge is 0.254 e. The molecule has 4 heteroatoms. The van der Waals surface area contributed by atoms with Gasteiger partial charge >= 0.3 is 0 Å². The van der Waals surface area contributed by atoms with Gasteiger partial charge in [0, 0.05) is 11.5 Å². The van der Waals surface area contributed by atoms with E-state index in [0.29, 0.717) is 12.5 Å². The Kier molecular flexibility index (Phi) is 3.39. The van der Waals surface area contributed by atoms with Crippen LogP contribution in [0.25, 0.3) is 0 Å². The summed E-state index contributed by atoms with van der Waals surface area (Å²) in [6.45, 7) is 2.66. The van der Waals surface area contributed by atoms with Gasteiger partial charge in [0.15, 0.2) is 0 Å². The third kappa shape index (κ3) is 2.32. The summed E-state index contributed by atoms with van der Waals surface area (Å²) in [4.78, 5) is 19.4. The second-order valence-corrected chi connectivity index (χ2v) is 4.40. The van der Waals surface area contributed by atoms with E-state index in [-0.39, 0.29) is 5.56 Å². The first kappa shape index (κ1) is 11.3. The van der Waals surface area contributed by atoms with Gasteiger partial charge in [-0.2, -0.15) is 0 Å². The highest BCUT2D eigenvalue weighted by molar-refractivity contribution is 5.20. The van der Waals surface area contributed by atoms with Crippen LogP contribution in [0.4, 0.5) is 0 Å². The molecule has 16 heavy (non-hydrogen) atoms. The Morgan fingerprint density at radius 3 is 2.81 bits per heavy atom. The minimum atomic E-state index is 0.0437. The fourth-order valence-corrected chi connectivity index (χ4v) is 1.94. The van der Waals surface area contributed by atoms with Crippen molar-refractivity contribution in [2.24, 2.45) is 5.73 Å². The standard InChI is InChI=1S/C12H19N3O/c1-2-10-9(4-3-7-13)12(16)15-11(14-10)8-5-6-8/h8H,2-7,13H2,1H3,(H,14,15,16). The number of nitrogens with two attached hydrogens (primary N) is 1. The molecule has 4 nitrogen and oxygen atoms in total. The number of hydrogen-bond acceptors (Lipinski definition) is 3. The van der Waals surface area contributed by atoms with E-state index in [2.05, 4.69) is 9.97 Å². The van der Waals surface area contributed by atoms with Crippen LogP contribution < -0.4 is 11.3 Å². The highest BCUT2D eigenvalue weighted by atomic mass is 16.1. The van der Waals surface area contributed by atoms with Crippen molar-refractivity contribution in [2.75, 3.05) is 6.54 Å². The van der Waals surface area contributed by atoms with Crippen molar-refractivity contribution in [3.63, 3.8) is 0 Å².